The van der Waals surface area contributed by atoms with Crippen molar-refractivity contribution in [1.82, 2.24) is 20.2 Å². The van der Waals surface area contributed by atoms with Gasteiger partial charge in [-0.3, -0.25) is 9.36 Å². The molecule has 2 unspecified atom stereocenters. The van der Waals surface area contributed by atoms with Crippen molar-refractivity contribution in [2.45, 2.75) is 78.5 Å². The fourth-order valence-electron chi connectivity index (χ4n) is 4.37. The van der Waals surface area contributed by atoms with Crippen molar-refractivity contribution < 1.29 is 23.9 Å². The van der Waals surface area contributed by atoms with E-state index >= 15 is 0 Å². The molecule has 0 aliphatic carbocycles. The average Bonchev–Trinajstić information content (AvgIpc) is 3.22. The molecule has 0 radical (unpaired) electrons. The van der Waals surface area contributed by atoms with Crippen LogP contribution in [0.25, 0.3) is 16.7 Å². The van der Waals surface area contributed by atoms with Crippen molar-refractivity contribution in [1.29, 1.82) is 0 Å². The van der Waals surface area contributed by atoms with Crippen molar-refractivity contribution in [2.75, 3.05) is 12.3 Å². The Morgan fingerprint density at radius 1 is 1.02 bits per heavy atom. The zero-order valence-electron chi connectivity index (χ0n) is 24.2. The number of benzene rings is 2. The molecule has 0 aliphatic heterocycles. The number of para-hydroxylation sites is 1. The molecular formula is C30H41N5O5. The van der Waals surface area contributed by atoms with E-state index in [1.807, 2.05) is 60.9 Å². The second-order valence-corrected chi connectivity index (χ2v) is 11.1. The normalized spacial score (nSPS) is 13.1. The van der Waals surface area contributed by atoms with Gasteiger partial charge >= 0.3 is 12.1 Å². The molecule has 0 fully saturated rings. The van der Waals surface area contributed by atoms with Gasteiger partial charge in [-0.05, 0) is 76.8 Å². The average molecular weight is 552 g/mol. The molecule has 10 nitrogen and oxygen atoms in total. The summed E-state index contributed by atoms with van der Waals surface area (Å²) >= 11 is 0. The number of esters is 1. The van der Waals surface area contributed by atoms with Gasteiger partial charge < -0.3 is 25.8 Å². The Labute approximate surface area is 235 Å². The number of anilines is 1. The Morgan fingerprint density at radius 3 is 2.35 bits per heavy atom. The zero-order chi connectivity index (χ0) is 29.4. The molecule has 1 heterocycles. The third-order valence-electron chi connectivity index (χ3n) is 6.02. The molecule has 2 amide bonds. The fraction of sp³-hybridized carbons (Fsp3) is 0.467. The Morgan fingerprint density at radius 2 is 1.73 bits per heavy atom. The van der Waals surface area contributed by atoms with Gasteiger partial charge in [-0.25, -0.2) is 14.6 Å². The summed E-state index contributed by atoms with van der Waals surface area (Å²) in [5.74, 6) is -0.190. The van der Waals surface area contributed by atoms with Gasteiger partial charge in [-0.2, -0.15) is 0 Å². The molecule has 2 aromatic carbocycles. The number of carbonyl (C=O) groups excluding carboxylic acids is 3. The number of amides is 2. The summed E-state index contributed by atoms with van der Waals surface area (Å²) in [6.07, 6.45) is 0.211. The first-order valence-electron chi connectivity index (χ1n) is 13.7. The summed E-state index contributed by atoms with van der Waals surface area (Å²) in [6.45, 7) is 11.1. The number of nitrogens with zero attached hydrogens (tertiary/aromatic N) is 2. The maximum Gasteiger partial charge on any atom is 0.408 e. The lowest BCUT2D eigenvalue weighted by atomic mass is 10.0. The molecule has 3 aromatic rings. The van der Waals surface area contributed by atoms with E-state index in [9.17, 15) is 14.4 Å². The minimum absolute atomic E-state index is 0.130. The van der Waals surface area contributed by atoms with Gasteiger partial charge in [0, 0.05) is 17.8 Å². The van der Waals surface area contributed by atoms with E-state index in [2.05, 4.69) is 10.6 Å². The lowest BCUT2D eigenvalue weighted by Crippen LogP contribution is -2.53. The number of aryl methyl sites for hydroxylation is 1. The Bertz CT molecular complexity index is 1310. The molecule has 40 heavy (non-hydrogen) atoms. The van der Waals surface area contributed by atoms with Gasteiger partial charge in [-0.1, -0.05) is 32.0 Å². The van der Waals surface area contributed by atoms with Crippen molar-refractivity contribution in [3.8, 4) is 5.69 Å². The van der Waals surface area contributed by atoms with E-state index in [4.69, 9.17) is 20.2 Å². The molecule has 2 atom stereocenters. The highest BCUT2D eigenvalue weighted by atomic mass is 16.6. The minimum atomic E-state index is -0.993. The lowest BCUT2D eigenvalue weighted by Gasteiger charge is -2.25. The van der Waals surface area contributed by atoms with E-state index < -0.39 is 35.7 Å². The van der Waals surface area contributed by atoms with Crippen molar-refractivity contribution in [3.63, 3.8) is 0 Å². The summed E-state index contributed by atoms with van der Waals surface area (Å²) in [4.78, 5) is 43.6. The number of aromatic nitrogens is 2. The molecule has 0 saturated heterocycles. The predicted octanol–water partition coefficient (Wildman–Crippen LogP) is 4.53. The number of alkyl carbamates (subject to hydrolysis) is 1. The Kier molecular flexibility index (Phi) is 10.1. The van der Waals surface area contributed by atoms with Crippen LogP contribution in [0.1, 0.15) is 60.2 Å². The summed E-state index contributed by atoms with van der Waals surface area (Å²) in [5, 5.41) is 5.48. The van der Waals surface area contributed by atoms with E-state index in [0.29, 0.717) is 24.4 Å². The van der Waals surface area contributed by atoms with Crippen LogP contribution in [-0.2, 0) is 25.5 Å². The van der Waals surface area contributed by atoms with Crippen molar-refractivity contribution in [3.05, 3.63) is 54.4 Å². The van der Waals surface area contributed by atoms with Crippen molar-refractivity contribution in [2.24, 2.45) is 5.92 Å². The maximum atomic E-state index is 13.5. The zero-order valence-corrected chi connectivity index (χ0v) is 24.2. The molecular weight excluding hydrogens is 510 g/mol. The first kappa shape index (κ1) is 30.5. The van der Waals surface area contributed by atoms with Crippen LogP contribution in [0.3, 0.4) is 0 Å². The third-order valence-corrected chi connectivity index (χ3v) is 6.02. The van der Waals surface area contributed by atoms with Crippen LogP contribution in [0.5, 0.6) is 0 Å². The summed E-state index contributed by atoms with van der Waals surface area (Å²) in [7, 11) is 0. The highest BCUT2D eigenvalue weighted by molar-refractivity contribution is 5.89. The highest BCUT2D eigenvalue weighted by Crippen LogP contribution is 2.24. The van der Waals surface area contributed by atoms with Crippen LogP contribution in [0.4, 0.5) is 10.5 Å². The predicted molar refractivity (Wildman–Crippen MR) is 155 cm³/mol. The van der Waals surface area contributed by atoms with Gasteiger partial charge in [0.15, 0.2) is 0 Å². The van der Waals surface area contributed by atoms with E-state index in [1.54, 1.807) is 33.8 Å². The number of nitrogens with one attached hydrogen (secondary N) is 2. The first-order valence-corrected chi connectivity index (χ1v) is 13.7. The first-order chi connectivity index (χ1) is 18.9. The molecule has 0 saturated carbocycles. The van der Waals surface area contributed by atoms with Gasteiger partial charge in [0.05, 0.1) is 17.6 Å². The van der Waals surface area contributed by atoms with Crippen LogP contribution in [0.15, 0.2) is 48.5 Å². The van der Waals surface area contributed by atoms with Gasteiger partial charge in [0.1, 0.15) is 23.5 Å². The summed E-state index contributed by atoms with van der Waals surface area (Å²) < 4.78 is 12.6. The number of nitrogen functional groups attached to an aromatic ring is 1. The molecule has 3 rings (SSSR count). The Hall–Kier alpha value is -4.08. The van der Waals surface area contributed by atoms with Crippen LogP contribution >= 0.6 is 0 Å². The third kappa shape index (κ3) is 8.46. The number of carbonyl (C=O) groups is 3. The topological polar surface area (TPSA) is 138 Å². The number of rotatable bonds is 11. The lowest BCUT2D eigenvalue weighted by molar-refractivity contribution is -0.148. The van der Waals surface area contributed by atoms with Crippen LogP contribution < -0.4 is 16.4 Å². The van der Waals surface area contributed by atoms with E-state index in [1.165, 1.54) is 0 Å². The number of fused-ring (bicyclic) bond motifs is 1. The molecule has 4 N–H and O–H groups in total. The molecule has 0 aliphatic rings. The number of hydrogen-bond acceptors (Lipinski definition) is 7. The van der Waals surface area contributed by atoms with E-state index in [-0.39, 0.29) is 18.9 Å². The quantitative estimate of drug-likeness (QED) is 0.235. The number of imidazole rings is 1. The minimum Gasteiger partial charge on any atom is -0.464 e. The molecule has 0 bridgehead atoms. The second kappa shape index (κ2) is 13.3. The number of ether oxygens (including phenoxy) is 2. The van der Waals surface area contributed by atoms with Gasteiger partial charge in [-0.15, -0.1) is 0 Å². The van der Waals surface area contributed by atoms with Crippen molar-refractivity contribution >= 4 is 34.7 Å². The largest absolute Gasteiger partial charge is 0.464 e. The Balaban J connectivity index is 1.91. The monoisotopic (exact) mass is 551 g/mol. The van der Waals surface area contributed by atoms with Crippen LogP contribution in [0, 0.1) is 5.92 Å². The maximum absolute atomic E-state index is 13.5. The van der Waals surface area contributed by atoms with E-state index in [0.717, 1.165) is 16.7 Å². The molecule has 1 aromatic heterocycles. The molecule has 0 spiro atoms. The summed E-state index contributed by atoms with van der Waals surface area (Å²) in [5.41, 5.74) is 8.36. The van der Waals surface area contributed by atoms with Crippen LogP contribution in [0.2, 0.25) is 0 Å². The number of hydrogen-bond donors (Lipinski definition) is 3. The number of nitrogens with two attached hydrogens (primary N) is 1. The SMILES string of the molecule is CCOC(=O)C(CC(C)C)NC(=O)C(CCc1nc2cc(N)ccc2n1-c1ccccc1)NC(=O)OC(C)(C)C. The van der Waals surface area contributed by atoms with Crippen LogP contribution in [-0.4, -0.2) is 51.8 Å². The smallest absolute Gasteiger partial charge is 0.408 e. The molecule has 216 valence electrons. The second-order valence-electron chi connectivity index (χ2n) is 11.1. The molecule has 10 heteroatoms. The standard InChI is InChI=1S/C30H41N5O5/c1-7-39-28(37)24(17-19(2)3)33-27(36)22(34-29(38)40-30(4,5)6)14-16-26-32-23-18-20(31)13-15-25(23)35(26)21-11-9-8-10-12-21/h8-13,15,18-19,22,24H,7,14,16-17,31H2,1-6H3,(H,33,36)(H,34,38). The van der Waals surface area contributed by atoms with Gasteiger partial charge in [0.2, 0.25) is 5.91 Å². The fourth-order valence-corrected chi connectivity index (χ4v) is 4.37. The summed E-state index contributed by atoms with van der Waals surface area (Å²) in [6, 6.07) is 13.4. The van der Waals surface area contributed by atoms with Gasteiger partial charge in [0.25, 0.3) is 0 Å². The highest BCUT2D eigenvalue weighted by Gasteiger charge is 2.30.